The van der Waals surface area contributed by atoms with Crippen molar-refractivity contribution in [1.82, 2.24) is 9.78 Å². The fourth-order valence-electron chi connectivity index (χ4n) is 3.02. The lowest BCUT2D eigenvalue weighted by molar-refractivity contribution is 0.184. The highest BCUT2D eigenvalue weighted by Gasteiger charge is 2.25. The lowest BCUT2D eigenvalue weighted by atomic mass is 10.2. The summed E-state index contributed by atoms with van der Waals surface area (Å²) in [4.78, 5) is 0. The molecular weight excluding hydrogens is 309 g/mol. The van der Waals surface area contributed by atoms with Crippen LogP contribution >= 0.6 is 0 Å². The van der Waals surface area contributed by atoms with E-state index in [0.29, 0.717) is 30.5 Å². The molecule has 1 aromatic heterocycles. The summed E-state index contributed by atoms with van der Waals surface area (Å²) in [5.74, 6) is 0.0819. The molecule has 1 N–H and O–H groups in total. The number of nitrogens with zero attached hydrogens (tertiary/aromatic N) is 2. The van der Waals surface area contributed by atoms with E-state index in [0.717, 1.165) is 37.3 Å². The Morgan fingerprint density at radius 1 is 1.38 bits per heavy atom. The lowest BCUT2D eigenvalue weighted by Gasteiger charge is -2.13. The van der Waals surface area contributed by atoms with Gasteiger partial charge in [-0.2, -0.15) is 5.10 Å². The minimum atomic E-state index is -0.272. The molecule has 24 heavy (non-hydrogen) atoms. The summed E-state index contributed by atoms with van der Waals surface area (Å²) in [5.41, 5.74) is 2.58. The van der Waals surface area contributed by atoms with Crippen LogP contribution in [0.5, 0.6) is 5.75 Å². The van der Waals surface area contributed by atoms with Gasteiger partial charge >= 0.3 is 0 Å². The number of hydrogen-bond donors (Lipinski definition) is 1. The maximum Gasteiger partial charge on any atom is 0.170 e. The molecule has 2 fully saturated rings. The zero-order chi connectivity index (χ0) is 16.5. The van der Waals surface area contributed by atoms with E-state index < -0.39 is 0 Å². The standard InChI is InChI=1S/C18H22FN3O2/c1-12-16(10-21-22(12)14-7-8-23-11-14)20-9-13-3-2-4-17(18(13)19)24-15-5-6-15/h2-4,10,14-15,20H,5-9,11H2,1H3. The zero-order valence-electron chi connectivity index (χ0n) is 13.8. The molecule has 0 bridgehead atoms. The van der Waals surface area contributed by atoms with Crippen molar-refractivity contribution in [2.45, 2.75) is 44.9 Å². The predicted octanol–water partition coefficient (Wildman–Crippen LogP) is 3.45. The highest BCUT2D eigenvalue weighted by molar-refractivity contribution is 5.47. The number of nitrogens with one attached hydrogen (secondary N) is 1. The fourth-order valence-corrected chi connectivity index (χ4v) is 3.02. The highest BCUT2D eigenvalue weighted by Crippen LogP contribution is 2.30. The lowest BCUT2D eigenvalue weighted by Crippen LogP contribution is -2.12. The van der Waals surface area contributed by atoms with Crippen LogP contribution < -0.4 is 10.1 Å². The van der Waals surface area contributed by atoms with Gasteiger partial charge in [0.25, 0.3) is 0 Å². The van der Waals surface area contributed by atoms with Crippen molar-refractivity contribution in [3.8, 4) is 5.75 Å². The summed E-state index contributed by atoms with van der Waals surface area (Å²) in [7, 11) is 0. The summed E-state index contributed by atoms with van der Waals surface area (Å²) in [6.45, 7) is 3.92. The Labute approximate surface area is 140 Å². The molecule has 128 valence electrons. The third-order valence-corrected chi connectivity index (χ3v) is 4.63. The fraction of sp³-hybridized carbons (Fsp3) is 0.500. The Hall–Kier alpha value is -2.08. The van der Waals surface area contributed by atoms with E-state index in [-0.39, 0.29) is 11.9 Å². The van der Waals surface area contributed by atoms with Gasteiger partial charge < -0.3 is 14.8 Å². The molecule has 1 aromatic carbocycles. The Morgan fingerprint density at radius 2 is 2.25 bits per heavy atom. The van der Waals surface area contributed by atoms with Crippen LogP contribution in [-0.4, -0.2) is 29.1 Å². The molecule has 1 saturated carbocycles. The molecule has 0 amide bonds. The van der Waals surface area contributed by atoms with Crippen LogP contribution in [0.2, 0.25) is 0 Å². The van der Waals surface area contributed by atoms with Gasteiger partial charge in [-0.25, -0.2) is 4.39 Å². The van der Waals surface area contributed by atoms with E-state index >= 15 is 0 Å². The van der Waals surface area contributed by atoms with Crippen LogP contribution in [0, 0.1) is 12.7 Å². The second kappa shape index (κ2) is 6.43. The summed E-state index contributed by atoms with van der Waals surface area (Å²) < 4.78 is 27.5. The van der Waals surface area contributed by atoms with Gasteiger partial charge in [-0.05, 0) is 32.3 Å². The van der Waals surface area contributed by atoms with Gasteiger partial charge in [0.15, 0.2) is 11.6 Å². The topological polar surface area (TPSA) is 48.3 Å². The first-order valence-electron chi connectivity index (χ1n) is 8.52. The molecule has 1 aliphatic carbocycles. The Balaban J connectivity index is 1.45. The average molecular weight is 331 g/mol. The van der Waals surface area contributed by atoms with Crippen LogP contribution in [0.4, 0.5) is 10.1 Å². The van der Waals surface area contributed by atoms with E-state index in [9.17, 15) is 4.39 Å². The van der Waals surface area contributed by atoms with Crippen molar-refractivity contribution in [3.05, 3.63) is 41.5 Å². The zero-order valence-corrected chi connectivity index (χ0v) is 13.8. The number of aromatic nitrogens is 2. The first kappa shape index (κ1) is 15.4. The quantitative estimate of drug-likeness (QED) is 0.881. The molecule has 1 aliphatic heterocycles. The summed E-state index contributed by atoms with van der Waals surface area (Å²) >= 11 is 0. The van der Waals surface area contributed by atoms with Crippen LogP contribution in [0.1, 0.15) is 36.6 Å². The first-order chi connectivity index (χ1) is 11.7. The third-order valence-electron chi connectivity index (χ3n) is 4.63. The highest BCUT2D eigenvalue weighted by atomic mass is 19.1. The molecular formula is C18H22FN3O2. The number of benzene rings is 1. The largest absolute Gasteiger partial charge is 0.487 e. The van der Waals surface area contributed by atoms with E-state index in [1.165, 1.54) is 0 Å². The summed E-state index contributed by atoms with van der Waals surface area (Å²) in [6, 6.07) is 5.62. The Kier molecular flexibility index (Phi) is 4.14. The Morgan fingerprint density at radius 3 is 3.00 bits per heavy atom. The van der Waals surface area contributed by atoms with Crippen molar-refractivity contribution in [1.29, 1.82) is 0 Å². The number of halogens is 1. The van der Waals surface area contributed by atoms with Gasteiger partial charge in [0.05, 0.1) is 36.3 Å². The minimum Gasteiger partial charge on any atom is -0.487 e. The van der Waals surface area contributed by atoms with Crippen molar-refractivity contribution in [2.24, 2.45) is 0 Å². The van der Waals surface area contributed by atoms with Gasteiger partial charge in [0.1, 0.15) is 0 Å². The number of rotatable bonds is 6. The van der Waals surface area contributed by atoms with Crippen LogP contribution in [0.25, 0.3) is 0 Å². The molecule has 1 saturated heterocycles. The molecule has 5 nitrogen and oxygen atoms in total. The molecule has 0 spiro atoms. The molecule has 2 heterocycles. The third kappa shape index (κ3) is 3.11. The second-order valence-electron chi connectivity index (χ2n) is 6.51. The number of ether oxygens (including phenoxy) is 2. The van der Waals surface area contributed by atoms with Gasteiger partial charge in [-0.3, -0.25) is 4.68 Å². The molecule has 2 aliphatic rings. The van der Waals surface area contributed by atoms with Crippen LogP contribution in [0.3, 0.4) is 0 Å². The van der Waals surface area contributed by atoms with Crippen molar-refractivity contribution in [3.63, 3.8) is 0 Å². The Bertz CT molecular complexity index is 721. The number of hydrogen-bond acceptors (Lipinski definition) is 4. The first-order valence-corrected chi connectivity index (χ1v) is 8.52. The SMILES string of the molecule is Cc1c(NCc2cccc(OC3CC3)c2F)cnn1C1CCOC1. The summed E-state index contributed by atoms with van der Waals surface area (Å²) in [6.07, 6.45) is 5.01. The molecule has 6 heteroatoms. The average Bonchev–Trinajstić information content (AvgIpc) is 3.08. The maximum absolute atomic E-state index is 14.5. The molecule has 1 atom stereocenters. The molecule has 1 unspecified atom stereocenters. The van der Waals surface area contributed by atoms with Crippen molar-refractivity contribution in [2.75, 3.05) is 18.5 Å². The molecule has 0 radical (unpaired) electrons. The van der Waals surface area contributed by atoms with Crippen LogP contribution in [0.15, 0.2) is 24.4 Å². The van der Waals surface area contributed by atoms with E-state index in [4.69, 9.17) is 9.47 Å². The van der Waals surface area contributed by atoms with Gasteiger partial charge in [0.2, 0.25) is 0 Å². The van der Waals surface area contributed by atoms with Crippen molar-refractivity contribution < 1.29 is 13.9 Å². The van der Waals surface area contributed by atoms with Gasteiger partial charge in [0, 0.05) is 18.7 Å². The monoisotopic (exact) mass is 331 g/mol. The van der Waals surface area contributed by atoms with Crippen LogP contribution in [-0.2, 0) is 11.3 Å². The maximum atomic E-state index is 14.5. The normalized spacial score (nSPS) is 20.3. The van der Waals surface area contributed by atoms with Crippen molar-refractivity contribution >= 4 is 5.69 Å². The number of anilines is 1. The van der Waals surface area contributed by atoms with Gasteiger partial charge in [-0.15, -0.1) is 0 Å². The van der Waals surface area contributed by atoms with E-state index in [1.807, 2.05) is 17.7 Å². The smallest absolute Gasteiger partial charge is 0.170 e. The minimum absolute atomic E-state index is 0.191. The second-order valence-corrected chi connectivity index (χ2v) is 6.51. The predicted molar refractivity (Wildman–Crippen MR) is 88.8 cm³/mol. The summed E-state index contributed by atoms with van der Waals surface area (Å²) in [5, 5.41) is 7.74. The van der Waals surface area contributed by atoms with E-state index in [2.05, 4.69) is 10.4 Å². The van der Waals surface area contributed by atoms with Gasteiger partial charge in [-0.1, -0.05) is 12.1 Å². The molecule has 2 aromatic rings. The van der Waals surface area contributed by atoms with E-state index in [1.54, 1.807) is 18.3 Å². The molecule has 4 rings (SSSR count).